The third kappa shape index (κ3) is 1.41. The third-order valence-corrected chi connectivity index (χ3v) is 2.86. The van der Waals surface area contributed by atoms with Crippen LogP contribution >= 0.6 is 11.3 Å². The zero-order valence-corrected chi connectivity index (χ0v) is 8.41. The summed E-state index contributed by atoms with van der Waals surface area (Å²) < 4.78 is 14.6. The topological polar surface area (TPSA) is 30.2 Å². The van der Waals surface area contributed by atoms with Crippen LogP contribution in [-0.4, -0.2) is 14.4 Å². The Morgan fingerprint density at radius 3 is 3.00 bits per heavy atom. The zero-order chi connectivity index (χ0) is 10.3. The average molecular weight is 219 g/mol. The molecule has 3 nitrogen and oxygen atoms in total. The van der Waals surface area contributed by atoms with Gasteiger partial charge >= 0.3 is 0 Å². The molecule has 74 valence electrons. The van der Waals surface area contributed by atoms with Gasteiger partial charge in [0.2, 0.25) is 0 Å². The van der Waals surface area contributed by atoms with Gasteiger partial charge < -0.3 is 4.40 Å². The maximum Gasteiger partial charge on any atom is 0.143 e. The predicted molar refractivity (Wildman–Crippen MR) is 56.3 cm³/mol. The van der Waals surface area contributed by atoms with E-state index >= 15 is 0 Å². The lowest BCUT2D eigenvalue weighted by molar-refractivity contribution is 0.619. The summed E-state index contributed by atoms with van der Waals surface area (Å²) in [6.07, 6.45) is 4.90. The number of rotatable bonds is 1. The van der Waals surface area contributed by atoms with Crippen molar-refractivity contribution < 1.29 is 4.39 Å². The quantitative estimate of drug-likeness (QED) is 0.629. The number of fused-ring (bicyclic) bond motifs is 1. The van der Waals surface area contributed by atoms with Crippen LogP contribution < -0.4 is 0 Å². The SMILES string of the molecule is Fc1ccc2nc(-c3nccs3)cn2c1. The molecule has 0 unspecified atom stereocenters. The van der Waals surface area contributed by atoms with Crippen LogP contribution in [0.5, 0.6) is 0 Å². The van der Waals surface area contributed by atoms with Crippen molar-refractivity contribution in [1.82, 2.24) is 14.4 Å². The first-order valence-corrected chi connectivity index (χ1v) is 5.25. The van der Waals surface area contributed by atoms with E-state index in [2.05, 4.69) is 9.97 Å². The van der Waals surface area contributed by atoms with Gasteiger partial charge in [-0.25, -0.2) is 14.4 Å². The molecule has 0 N–H and O–H groups in total. The Kier molecular flexibility index (Phi) is 1.78. The van der Waals surface area contributed by atoms with Crippen molar-refractivity contribution in [3.8, 4) is 10.7 Å². The van der Waals surface area contributed by atoms with Crippen molar-refractivity contribution in [3.63, 3.8) is 0 Å². The van der Waals surface area contributed by atoms with E-state index < -0.39 is 0 Å². The van der Waals surface area contributed by atoms with Gasteiger partial charge in [-0.1, -0.05) is 0 Å². The predicted octanol–water partition coefficient (Wildman–Crippen LogP) is 2.60. The summed E-state index contributed by atoms with van der Waals surface area (Å²) in [6, 6.07) is 3.04. The number of thiazole rings is 1. The van der Waals surface area contributed by atoms with Gasteiger partial charge in [-0.05, 0) is 12.1 Å². The highest BCUT2D eigenvalue weighted by Gasteiger charge is 2.06. The summed E-state index contributed by atoms with van der Waals surface area (Å²) in [6.45, 7) is 0. The molecule has 0 aliphatic carbocycles. The number of halogens is 1. The molecule has 0 aliphatic rings. The molecule has 0 aliphatic heterocycles. The Morgan fingerprint density at radius 1 is 1.27 bits per heavy atom. The zero-order valence-electron chi connectivity index (χ0n) is 7.59. The summed E-state index contributed by atoms with van der Waals surface area (Å²) in [5.41, 5.74) is 1.50. The van der Waals surface area contributed by atoms with Gasteiger partial charge in [0.25, 0.3) is 0 Å². The minimum Gasteiger partial charge on any atom is -0.303 e. The monoisotopic (exact) mass is 219 g/mol. The van der Waals surface area contributed by atoms with E-state index in [-0.39, 0.29) is 5.82 Å². The first kappa shape index (κ1) is 8.55. The lowest BCUT2D eigenvalue weighted by Crippen LogP contribution is -1.83. The van der Waals surface area contributed by atoms with E-state index in [1.807, 2.05) is 5.38 Å². The molecule has 0 spiro atoms. The first-order valence-electron chi connectivity index (χ1n) is 4.37. The summed E-state index contributed by atoms with van der Waals surface area (Å²) >= 11 is 1.51. The summed E-state index contributed by atoms with van der Waals surface area (Å²) in [5, 5.41) is 2.74. The molecule has 3 aromatic heterocycles. The van der Waals surface area contributed by atoms with Crippen LogP contribution in [-0.2, 0) is 0 Å². The van der Waals surface area contributed by atoms with Crippen LogP contribution in [0.4, 0.5) is 4.39 Å². The highest BCUT2D eigenvalue weighted by Crippen LogP contribution is 2.21. The van der Waals surface area contributed by atoms with Crippen molar-refractivity contribution in [2.45, 2.75) is 0 Å². The molecule has 3 rings (SSSR count). The largest absolute Gasteiger partial charge is 0.303 e. The minimum atomic E-state index is -0.273. The van der Waals surface area contributed by atoms with Gasteiger partial charge in [0.05, 0.1) is 0 Å². The van der Waals surface area contributed by atoms with Gasteiger partial charge in [-0.15, -0.1) is 11.3 Å². The Morgan fingerprint density at radius 2 is 2.20 bits per heavy atom. The average Bonchev–Trinajstić information content (AvgIpc) is 2.84. The summed E-state index contributed by atoms with van der Waals surface area (Å²) in [7, 11) is 0. The summed E-state index contributed by atoms with van der Waals surface area (Å²) in [4.78, 5) is 8.49. The number of hydrogen-bond acceptors (Lipinski definition) is 3. The molecule has 0 atom stereocenters. The second kappa shape index (κ2) is 3.13. The van der Waals surface area contributed by atoms with E-state index in [0.29, 0.717) is 0 Å². The van der Waals surface area contributed by atoms with Crippen LogP contribution in [0.25, 0.3) is 16.3 Å². The molecule has 5 heteroatoms. The van der Waals surface area contributed by atoms with Crippen LogP contribution in [0.1, 0.15) is 0 Å². The Bertz CT molecular complexity index is 600. The fraction of sp³-hybridized carbons (Fsp3) is 0. The van der Waals surface area contributed by atoms with Crippen molar-refractivity contribution >= 4 is 17.0 Å². The summed E-state index contributed by atoms with van der Waals surface area (Å²) in [5.74, 6) is -0.273. The molecule has 3 aromatic rings. The van der Waals surface area contributed by atoms with Crippen LogP contribution in [0, 0.1) is 5.82 Å². The van der Waals surface area contributed by atoms with Crippen LogP contribution in [0.15, 0.2) is 36.1 Å². The van der Waals surface area contributed by atoms with Crippen LogP contribution in [0.2, 0.25) is 0 Å². The van der Waals surface area contributed by atoms with Crippen molar-refractivity contribution in [2.24, 2.45) is 0 Å². The first-order chi connectivity index (χ1) is 7.33. The maximum absolute atomic E-state index is 12.9. The molecule has 0 saturated heterocycles. The molecule has 15 heavy (non-hydrogen) atoms. The number of aromatic nitrogens is 3. The minimum absolute atomic E-state index is 0.273. The molecule has 0 saturated carbocycles. The number of nitrogens with zero attached hydrogens (tertiary/aromatic N) is 3. The van der Waals surface area contributed by atoms with Gasteiger partial charge in [-0.2, -0.15) is 0 Å². The third-order valence-electron chi connectivity index (χ3n) is 2.07. The van der Waals surface area contributed by atoms with E-state index in [1.165, 1.54) is 23.6 Å². The van der Waals surface area contributed by atoms with Gasteiger partial charge in [-0.3, -0.25) is 0 Å². The highest BCUT2D eigenvalue weighted by atomic mass is 32.1. The molecule has 3 heterocycles. The molecule has 0 radical (unpaired) electrons. The van der Waals surface area contributed by atoms with E-state index in [0.717, 1.165) is 16.3 Å². The second-order valence-corrected chi connectivity index (χ2v) is 3.97. The smallest absolute Gasteiger partial charge is 0.143 e. The standard InChI is InChI=1S/C10H6FN3S/c11-7-1-2-9-13-8(6-14(9)5-7)10-12-3-4-15-10/h1-6H. The Hall–Kier alpha value is -1.75. The lowest BCUT2D eigenvalue weighted by atomic mass is 10.5. The molecule has 0 fully saturated rings. The number of imidazole rings is 1. The van der Waals surface area contributed by atoms with E-state index in [4.69, 9.17) is 0 Å². The lowest BCUT2D eigenvalue weighted by Gasteiger charge is -1.90. The van der Waals surface area contributed by atoms with Crippen LogP contribution in [0.3, 0.4) is 0 Å². The maximum atomic E-state index is 12.9. The van der Waals surface area contributed by atoms with Gasteiger partial charge in [0.1, 0.15) is 22.2 Å². The molecular weight excluding hydrogens is 213 g/mol. The number of pyridine rings is 1. The Labute approximate surface area is 88.9 Å². The second-order valence-electron chi connectivity index (χ2n) is 3.08. The van der Waals surface area contributed by atoms with E-state index in [9.17, 15) is 4.39 Å². The molecule has 0 aromatic carbocycles. The van der Waals surface area contributed by atoms with Gasteiger partial charge in [0, 0.05) is 24.0 Å². The molecule has 0 amide bonds. The molecular formula is C10H6FN3S. The van der Waals surface area contributed by atoms with Crippen molar-refractivity contribution in [3.05, 3.63) is 41.9 Å². The van der Waals surface area contributed by atoms with Gasteiger partial charge in [0.15, 0.2) is 0 Å². The van der Waals surface area contributed by atoms with Crippen molar-refractivity contribution in [1.29, 1.82) is 0 Å². The van der Waals surface area contributed by atoms with Crippen molar-refractivity contribution in [2.75, 3.05) is 0 Å². The highest BCUT2D eigenvalue weighted by molar-refractivity contribution is 7.13. The Balaban J connectivity index is 2.22. The normalized spacial score (nSPS) is 11.0. The molecule has 0 bridgehead atoms. The van der Waals surface area contributed by atoms with E-state index in [1.54, 1.807) is 22.9 Å². The fourth-order valence-electron chi connectivity index (χ4n) is 1.42. The fourth-order valence-corrected chi connectivity index (χ4v) is 2.01. The number of hydrogen-bond donors (Lipinski definition) is 0.